The highest BCUT2D eigenvalue weighted by Gasteiger charge is 2.27. The molecule has 1 aliphatic heterocycles. The fraction of sp³-hybridized carbons (Fsp3) is 0.462. The zero-order valence-electron chi connectivity index (χ0n) is 10.4. The standard InChI is InChI=1S/C13H17FN2OS/c1-17-11-6-2-4-9(12(11)14)8-16-7-3-5-10(16)13(15)18/h2,4,6,10H,3,5,7-8H2,1H3,(H2,15,18). The first kappa shape index (κ1) is 13.2. The molecule has 5 heteroatoms. The van der Waals surface area contributed by atoms with Gasteiger partial charge in [0.2, 0.25) is 0 Å². The number of nitrogens with two attached hydrogens (primary N) is 1. The minimum absolute atomic E-state index is 0.0885. The number of thiocarbonyl (C=S) groups is 1. The van der Waals surface area contributed by atoms with Crippen LogP contribution in [0.1, 0.15) is 18.4 Å². The number of hydrogen-bond acceptors (Lipinski definition) is 3. The predicted octanol–water partition coefficient (Wildman–Crippen LogP) is 2.08. The van der Waals surface area contributed by atoms with Gasteiger partial charge < -0.3 is 10.5 Å². The van der Waals surface area contributed by atoms with Crippen LogP contribution in [0.4, 0.5) is 4.39 Å². The number of benzene rings is 1. The molecule has 0 aliphatic carbocycles. The maximum Gasteiger partial charge on any atom is 0.169 e. The zero-order chi connectivity index (χ0) is 13.1. The normalized spacial score (nSPS) is 20.0. The lowest BCUT2D eigenvalue weighted by Crippen LogP contribution is -2.38. The van der Waals surface area contributed by atoms with Crippen molar-refractivity contribution in [3.63, 3.8) is 0 Å². The number of nitrogens with zero attached hydrogens (tertiary/aromatic N) is 1. The van der Waals surface area contributed by atoms with Gasteiger partial charge in [-0.3, -0.25) is 4.90 Å². The van der Waals surface area contributed by atoms with E-state index in [0.717, 1.165) is 19.4 Å². The van der Waals surface area contributed by atoms with E-state index in [4.69, 9.17) is 22.7 Å². The molecule has 0 saturated carbocycles. The van der Waals surface area contributed by atoms with Crippen molar-refractivity contribution in [3.05, 3.63) is 29.6 Å². The van der Waals surface area contributed by atoms with E-state index in [9.17, 15) is 4.39 Å². The fourth-order valence-electron chi connectivity index (χ4n) is 2.39. The van der Waals surface area contributed by atoms with Crippen LogP contribution in [-0.4, -0.2) is 29.6 Å². The Hall–Kier alpha value is -1.20. The number of hydrogen-bond donors (Lipinski definition) is 1. The van der Waals surface area contributed by atoms with E-state index in [-0.39, 0.29) is 17.6 Å². The van der Waals surface area contributed by atoms with Gasteiger partial charge >= 0.3 is 0 Å². The van der Waals surface area contributed by atoms with Gasteiger partial charge in [0.25, 0.3) is 0 Å². The molecular weight excluding hydrogens is 251 g/mol. The van der Waals surface area contributed by atoms with Crippen LogP contribution < -0.4 is 10.5 Å². The van der Waals surface area contributed by atoms with Gasteiger partial charge in [-0.2, -0.15) is 0 Å². The van der Waals surface area contributed by atoms with Crippen molar-refractivity contribution in [3.8, 4) is 5.75 Å². The number of halogens is 1. The highest BCUT2D eigenvalue weighted by Crippen LogP contribution is 2.25. The Balaban J connectivity index is 2.16. The molecule has 2 N–H and O–H groups in total. The van der Waals surface area contributed by atoms with Gasteiger partial charge in [0.05, 0.1) is 18.1 Å². The molecule has 1 unspecified atom stereocenters. The van der Waals surface area contributed by atoms with Crippen LogP contribution in [0.5, 0.6) is 5.75 Å². The van der Waals surface area contributed by atoms with E-state index < -0.39 is 0 Å². The van der Waals surface area contributed by atoms with Gasteiger partial charge in [0.15, 0.2) is 11.6 Å². The third-order valence-corrected chi connectivity index (χ3v) is 3.60. The van der Waals surface area contributed by atoms with E-state index in [0.29, 0.717) is 17.1 Å². The number of ether oxygens (including phenoxy) is 1. The zero-order valence-corrected chi connectivity index (χ0v) is 11.2. The van der Waals surface area contributed by atoms with Crippen molar-refractivity contribution in [2.45, 2.75) is 25.4 Å². The Morgan fingerprint density at radius 3 is 3.06 bits per heavy atom. The van der Waals surface area contributed by atoms with Crippen LogP contribution in [0.3, 0.4) is 0 Å². The molecule has 2 rings (SSSR count). The fourth-order valence-corrected chi connectivity index (χ4v) is 2.66. The van der Waals surface area contributed by atoms with Crippen LogP contribution in [0, 0.1) is 5.82 Å². The van der Waals surface area contributed by atoms with Gasteiger partial charge in [-0.05, 0) is 25.5 Å². The van der Waals surface area contributed by atoms with Crippen molar-refractivity contribution in [2.24, 2.45) is 5.73 Å². The number of methoxy groups -OCH3 is 1. The van der Waals surface area contributed by atoms with Gasteiger partial charge in [0.1, 0.15) is 0 Å². The third-order valence-electron chi connectivity index (χ3n) is 3.33. The Morgan fingerprint density at radius 2 is 2.39 bits per heavy atom. The minimum Gasteiger partial charge on any atom is -0.494 e. The van der Waals surface area contributed by atoms with E-state index >= 15 is 0 Å². The molecule has 0 spiro atoms. The molecule has 1 heterocycles. The Labute approximate surface area is 112 Å². The van der Waals surface area contributed by atoms with Crippen molar-refractivity contribution in [1.29, 1.82) is 0 Å². The Kier molecular flexibility index (Phi) is 4.14. The third kappa shape index (κ3) is 2.62. The first-order chi connectivity index (χ1) is 8.63. The summed E-state index contributed by atoms with van der Waals surface area (Å²) in [6.45, 7) is 1.42. The Bertz CT molecular complexity index is 453. The molecular formula is C13H17FN2OS. The second kappa shape index (κ2) is 5.63. The molecule has 98 valence electrons. The van der Waals surface area contributed by atoms with E-state index in [1.165, 1.54) is 7.11 Å². The van der Waals surface area contributed by atoms with E-state index in [1.807, 2.05) is 0 Å². The van der Waals surface area contributed by atoms with Crippen molar-refractivity contribution in [2.75, 3.05) is 13.7 Å². The molecule has 3 nitrogen and oxygen atoms in total. The highest BCUT2D eigenvalue weighted by molar-refractivity contribution is 7.80. The molecule has 1 fully saturated rings. The molecule has 0 bridgehead atoms. The van der Waals surface area contributed by atoms with Crippen LogP contribution in [0.25, 0.3) is 0 Å². The average Bonchev–Trinajstić information content (AvgIpc) is 2.80. The summed E-state index contributed by atoms with van der Waals surface area (Å²) in [4.78, 5) is 2.62. The molecule has 0 radical (unpaired) electrons. The van der Waals surface area contributed by atoms with E-state index in [1.54, 1.807) is 18.2 Å². The summed E-state index contributed by atoms with van der Waals surface area (Å²) in [5.41, 5.74) is 6.33. The van der Waals surface area contributed by atoms with Gasteiger partial charge in [0, 0.05) is 12.1 Å². The summed E-state index contributed by atoms with van der Waals surface area (Å²) in [6, 6.07) is 5.27. The summed E-state index contributed by atoms with van der Waals surface area (Å²) in [6.07, 6.45) is 2.01. The lowest BCUT2D eigenvalue weighted by molar-refractivity contribution is 0.288. The lowest BCUT2D eigenvalue weighted by atomic mass is 10.1. The summed E-state index contributed by atoms with van der Waals surface area (Å²) >= 11 is 5.05. The number of rotatable bonds is 4. The molecule has 1 saturated heterocycles. The lowest BCUT2D eigenvalue weighted by Gasteiger charge is -2.23. The maximum absolute atomic E-state index is 14.0. The predicted molar refractivity (Wildman–Crippen MR) is 73.2 cm³/mol. The summed E-state index contributed by atoms with van der Waals surface area (Å²) < 4.78 is 19.0. The Morgan fingerprint density at radius 1 is 1.61 bits per heavy atom. The van der Waals surface area contributed by atoms with Crippen molar-refractivity contribution < 1.29 is 9.13 Å². The second-order valence-corrected chi connectivity index (χ2v) is 4.94. The molecule has 1 atom stereocenters. The molecule has 18 heavy (non-hydrogen) atoms. The molecule has 0 aromatic heterocycles. The van der Waals surface area contributed by atoms with Gasteiger partial charge in [-0.25, -0.2) is 4.39 Å². The monoisotopic (exact) mass is 268 g/mol. The van der Waals surface area contributed by atoms with Gasteiger partial charge in [-0.15, -0.1) is 0 Å². The molecule has 1 aliphatic rings. The second-order valence-electron chi connectivity index (χ2n) is 4.46. The van der Waals surface area contributed by atoms with E-state index in [2.05, 4.69) is 4.90 Å². The largest absolute Gasteiger partial charge is 0.494 e. The number of likely N-dealkylation sites (tertiary alicyclic amines) is 1. The van der Waals surface area contributed by atoms with Crippen LogP contribution in [0.2, 0.25) is 0 Å². The minimum atomic E-state index is -0.298. The average molecular weight is 268 g/mol. The summed E-state index contributed by atoms with van der Waals surface area (Å²) in [7, 11) is 1.47. The SMILES string of the molecule is COc1cccc(CN2CCCC2C(N)=S)c1F. The molecule has 1 aromatic rings. The summed E-state index contributed by atoms with van der Waals surface area (Å²) in [5.74, 6) is -0.0211. The van der Waals surface area contributed by atoms with Crippen molar-refractivity contribution in [1.82, 2.24) is 4.90 Å². The quantitative estimate of drug-likeness (QED) is 0.849. The van der Waals surface area contributed by atoms with Crippen LogP contribution in [-0.2, 0) is 6.54 Å². The highest BCUT2D eigenvalue weighted by atomic mass is 32.1. The summed E-state index contributed by atoms with van der Waals surface area (Å²) in [5, 5.41) is 0. The smallest absolute Gasteiger partial charge is 0.169 e. The van der Waals surface area contributed by atoms with Crippen LogP contribution >= 0.6 is 12.2 Å². The van der Waals surface area contributed by atoms with Crippen LogP contribution in [0.15, 0.2) is 18.2 Å². The maximum atomic E-state index is 14.0. The topological polar surface area (TPSA) is 38.5 Å². The molecule has 0 amide bonds. The first-order valence-electron chi connectivity index (χ1n) is 5.98. The first-order valence-corrected chi connectivity index (χ1v) is 6.39. The molecule has 1 aromatic carbocycles. The van der Waals surface area contributed by atoms with Crippen molar-refractivity contribution >= 4 is 17.2 Å². The van der Waals surface area contributed by atoms with Gasteiger partial charge in [-0.1, -0.05) is 24.4 Å².